The molecule has 0 aliphatic rings. The lowest BCUT2D eigenvalue weighted by atomic mass is 10.2. The van der Waals surface area contributed by atoms with Gasteiger partial charge in [-0.15, -0.1) is 0 Å². The minimum absolute atomic E-state index is 0.118. The van der Waals surface area contributed by atoms with Crippen LogP contribution in [0, 0.1) is 0 Å². The number of rotatable bonds is 4. The van der Waals surface area contributed by atoms with E-state index in [2.05, 4.69) is 15.6 Å². The quantitative estimate of drug-likeness (QED) is 0.807. The summed E-state index contributed by atoms with van der Waals surface area (Å²) in [6.45, 7) is 1.74. The monoisotopic (exact) mass is 250 g/mol. The molecule has 1 aromatic heterocycles. The molecule has 1 atom stereocenters. The fraction of sp³-hybridized carbons (Fsp3) is 0.417. The van der Waals surface area contributed by atoms with Crippen molar-refractivity contribution < 1.29 is 9.59 Å². The number of hydrogen-bond acceptors (Lipinski definition) is 4. The van der Waals surface area contributed by atoms with Crippen molar-refractivity contribution in [3.63, 3.8) is 0 Å². The normalized spacial score (nSPS) is 11.6. The molecular weight excluding hydrogens is 232 g/mol. The first-order valence-corrected chi connectivity index (χ1v) is 5.61. The van der Waals surface area contributed by atoms with Crippen molar-refractivity contribution >= 4 is 17.5 Å². The summed E-state index contributed by atoms with van der Waals surface area (Å²) in [6, 6.07) is 2.97. The molecule has 6 nitrogen and oxygen atoms in total. The molecule has 2 N–H and O–H groups in total. The Bertz CT molecular complexity index is 445. The average Bonchev–Trinajstić information content (AvgIpc) is 2.36. The summed E-state index contributed by atoms with van der Waals surface area (Å²) in [5.41, 5.74) is 1.03. The van der Waals surface area contributed by atoms with Gasteiger partial charge in [0.05, 0.1) is 0 Å². The molecule has 0 aromatic carbocycles. The van der Waals surface area contributed by atoms with Crippen LogP contribution in [0.25, 0.3) is 0 Å². The van der Waals surface area contributed by atoms with E-state index in [1.54, 1.807) is 40.2 Å². The van der Waals surface area contributed by atoms with Crippen molar-refractivity contribution in [1.29, 1.82) is 0 Å². The van der Waals surface area contributed by atoms with Gasteiger partial charge < -0.3 is 15.5 Å². The van der Waals surface area contributed by atoms with Gasteiger partial charge in [0.2, 0.25) is 5.91 Å². The number of nitrogens with one attached hydrogen (secondary N) is 2. The maximum atomic E-state index is 11.7. The highest BCUT2D eigenvalue weighted by molar-refractivity contribution is 5.93. The van der Waals surface area contributed by atoms with Crippen molar-refractivity contribution in [3.05, 3.63) is 24.0 Å². The molecule has 1 unspecified atom stereocenters. The van der Waals surface area contributed by atoms with Gasteiger partial charge in [-0.25, -0.2) is 0 Å². The maximum Gasteiger partial charge on any atom is 0.272 e. The number of amides is 2. The van der Waals surface area contributed by atoms with Gasteiger partial charge in [0.15, 0.2) is 0 Å². The van der Waals surface area contributed by atoms with E-state index in [1.807, 2.05) is 0 Å². The molecule has 0 fully saturated rings. The first-order valence-electron chi connectivity index (χ1n) is 5.61. The van der Waals surface area contributed by atoms with Gasteiger partial charge >= 0.3 is 0 Å². The Kier molecular flexibility index (Phi) is 4.65. The zero-order valence-electron chi connectivity index (χ0n) is 11.0. The van der Waals surface area contributed by atoms with Crippen LogP contribution >= 0.6 is 0 Å². The fourth-order valence-corrected chi connectivity index (χ4v) is 1.40. The average molecular weight is 250 g/mol. The van der Waals surface area contributed by atoms with Crippen molar-refractivity contribution in [2.75, 3.05) is 26.5 Å². The highest BCUT2D eigenvalue weighted by Gasteiger charge is 2.13. The van der Waals surface area contributed by atoms with Crippen LogP contribution in [0.15, 0.2) is 18.3 Å². The smallest absolute Gasteiger partial charge is 0.272 e. The van der Waals surface area contributed by atoms with E-state index in [9.17, 15) is 9.59 Å². The third kappa shape index (κ3) is 3.44. The lowest BCUT2D eigenvalue weighted by Crippen LogP contribution is -2.35. The van der Waals surface area contributed by atoms with E-state index in [-0.39, 0.29) is 17.9 Å². The Morgan fingerprint density at radius 1 is 1.39 bits per heavy atom. The molecule has 98 valence electrons. The Morgan fingerprint density at radius 2 is 2.06 bits per heavy atom. The number of carbonyl (C=O) groups is 2. The van der Waals surface area contributed by atoms with Gasteiger partial charge in [0, 0.05) is 33.0 Å². The number of likely N-dealkylation sites (N-methyl/N-ethyl adjacent to an activating group) is 1. The Balaban J connectivity index is 2.83. The van der Waals surface area contributed by atoms with Gasteiger partial charge in [0.25, 0.3) is 5.91 Å². The van der Waals surface area contributed by atoms with Crippen LogP contribution in [0.5, 0.6) is 0 Å². The van der Waals surface area contributed by atoms with Gasteiger partial charge in [-0.2, -0.15) is 0 Å². The van der Waals surface area contributed by atoms with Gasteiger partial charge in [-0.1, -0.05) is 0 Å². The second-order valence-electron chi connectivity index (χ2n) is 4.11. The molecule has 0 bridgehead atoms. The number of nitrogens with zero attached hydrogens (tertiary/aromatic N) is 2. The summed E-state index contributed by atoms with van der Waals surface area (Å²) in [5.74, 6) is -0.293. The molecular formula is C12H18N4O2. The van der Waals surface area contributed by atoms with E-state index in [4.69, 9.17) is 0 Å². The zero-order valence-corrected chi connectivity index (χ0v) is 11.0. The predicted octanol–water partition coefficient (Wildman–Crippen LogP) is 0.330. The molecule has 18 heavy (non-hydrogen) atoms. The van der Waals surface area contributed by atoms with Crippen LogP contribution in [0.2, 0.25) is 0 Å². The summed E-state index contributed by atoms with van der Waals surface area (Å²) >= 11 is 0. The third-order valence-corrected chi connectivity index (χ3v) is 2.41. The highest BCUT2D eigenvalue weighted by Crippen LogP contribution is 2.10. The third-order valence-electron chi connectivity index (χ3n) is 2.41. The molecule has 6 heteroatoms. The molecule has 2 amide bonds. The molecule has 1 rings (SSSR count). The Hall–Kier alpha value is -2.11. The predicted molar refractivity (Wildman–Crippen MR) is 69.4 cm³/mol. The van der Waals surface area contributed by atoms with E-state index < -0.39 is 0 Å². The van der Waals surface area contributed by atoms with E-state index in [0.29, 0.717) is 11.4 Å². The highest BCUT2D eigenvalue weighted by atomic mass is 16.2. The minimum atomic E-state index is -0.375. The van der Waals surface area contributed by atoms with Gasteiger partial charge in [-0.05, 0) is 19.1 Å². The van der Waals surface area contributed by atoms with Crippen LogP contribution in [0.4, 0.5) is 5.69 Å². The Labute approximate surface area is 106 Å². The summed E-state index contributed by atoms with van der Waals surface area (Å²) in [4.78, 5) is 28.6. The van der Waals surface area contributed by atoms with Gasteiger partial charge in [-0.3, -0.25) is 14.6 Å². The molecule has 1 aromatic rings. The minimum Gasteiger partial charge on any atom is -0.374 e. The number of aromatic nitrogens is 1. The van der Waals surface area contributed by atoms with Crippen molar-refractivity contribution in [2.24, 2.45) is 0 Å². The first-order chi connectivity index (χ1) is 8.45. The van der Waals surface area contributed by atoms with Crippen molar-refractivity contribution in [2.45, 2.75) is 13.0 Å². The zero-order chi connectivity index (χ0) is 13.7. The second kappa shape index (κ2) is 6.00. The standard InChI is InChI=1S/C12H18N4O2/c1-8(11(17)13-2)15-9-5-6-14-10(7-9)12(18)16(3)4/h5-8H,1-4H3,(H,13,17)(H,14,15). The van der Waals surface area contributed by atoms with E-state index >= 15 is 0 Å². The molecule has 1 heterocycles. The summed E-state index contributed by atoms with van der Waals surface area (Å²) in [6.07, 6.45) is 1.54. The second-order valence-corrected chi connectivity index (χ2v) is 4.11. The fourth-order valence-electron chi connectivity index (χ4n) is 1.40. The van der Waals surface area contributed by atoms with Crippen LogP contribution in [-0.4, -0.2) is 48.9 Å². The van der Waals surface area contributed by atoms with Crippen LogP contribution in [0.1, 0.15) is 17.4 Å². The molecule has 0 spiro atoms. The molecule has 0 saturated carbocycles. The number of anilines is 1. The molecule has 0 aliphatic carbocycles. The number of hydrogen-bond donors (Lipinski definition) is 2. The Morgan fingerprint density at radius 3 is 2.61 bits per heavy atom. The van der Waals surface area contributed by atoms with Gasteiger partial charge in [0.1, 0.15) is 11.7 Å². The molecule has 0 saturated heterocycles. The van der Waals surface area contributed by atoms with E-state index in [1.165, 1.54) is 11.1 Å². The number of carbonyl (C=O) groups excluding carboxylic acids is 2. The van der Waals surface area contributed by atoms with Crippen molar-refractivity contribution in [1.82, 2.24) is 15.2 Å². The van der Waals surface area contributed by atoms with Crippen molar-refractivity contribution in [3.8, 4) is 0 Å². The topological polar surface area (TPSA) is 74.3 Å². The largest absolute Gasteiger partial charge is 0.374 e. The summed E-state index contributed by atoms with van der Waals surface area (Å²) < 4.78 is 0. The maximum absolute atomic E-state index is 11.7. The molecule has 0 aliphatic heterocycles. The molecule has 0 radical (unpaired) electrons. The van der Waals surface area contributed by atoms with E-state index in [0.717, 1.165) is 0 Å². The van der Waals surface area contributed by atoms with Crippen LogP contribution in [0.3, 0.4) is 0 Å². The SMILES string of the molecule is CNC(=O)C(C)Nc1ccnc(C(=O)N(C)C)c1. The number of pyridine rings is 1. The summed E-state index contributed by atoms with van der Waals surface area (Å²) in [5, 5.41) is 5.55. The lowest BCUT2D eigenvalue weighted by Gasteiger charge is -2.15. The van der Waals surface area contributed by atoms with Crippen LogP contribution < -0.4 is 10.6 Å². The summed E-state index contributed by atoms with van der Waals surface area (Å²) in [7, 11) is 4.91. The lowest BCUT2D eigenvalue weighted by molar-refractivity contribution is -0.121. The van der Waals surface area contributed by atoms with Crippen LogP contribution in [-0.2, 0) is 4.79 Å². The first kappa shape index (κ1) is 14.0.